The Kier molecular flexibility index (Phi) is 4.13. The zero-order valence-electron chi connectivity index (χ0n) is 9.21. The molecule has 0 radical (unpaired) electrons. The number of rotatable bonds is 4. The Bertz CT molecular complexity index is 274. The monoisotopic (exact) mass is 259 g/mol. The van der Waals surface area contributed by atoms with Crippen LogP contribution in [0, 0.1) is 5.92 Å². The molecule has 1 heterocycles. The van der Waals surface area contributed by atoms with Gasteiger partial charge in [0.2, 0.25) is 0 Å². The summed E-state index contributed by atoms with van der Waals surface area (Å²) in [5, 5.41) is 7.55. The standard InChI is InChI=1S/C10H18BrN3/c1-7(2)5-9(12-3)10-8(11)6-13-14(10)4/h6-7,9,12H,5H2,1-4H3. The summed E-state index contributed by atoms with van der Waals surface area (Å²) in [7, 11) is 3.97. The van der Waals surface area contributed by atoms with E-state index < -0.39 is 0 Å². The molecule has 1 rings (SSSR count). The topological polar surface area (TPSA) is 29.9 Å². The van der Waals surface area contributed by atoms with Crippen LogP contribution in [0.2, 0.25) is 0 Å². The second kappa shape index (κ2) is 4.94. The van der Waals surface area contributed by atoms with Gasteiger partial charge in [-0.2, -0.15) is 5.10 Å². The number of aromatic nitrogens is 2. The molecule has 0 bridgehead atoms. The Morgan fingerprint density at radius 3 is 2.57 bits per heavy atom. The minimum Gasteiger partial charge on any atom is -0.312 e. The van der Waals surface area contributed by atoms with E-state index in [0.717, 1.165) is 10.9 Å². The highest BCUT2D eigenvalue weighted by atomic mass is 79.9. The van der Waals surface area contributed by atoms with Gasteiger partial charge in [0.15, 0.2) is 0 Å². The molecule has 1 aromatic rings. The van der Waals surface area contributed by atoms with Crippen molar-refractivity contribution in [1.82, 2.24) is 15.1 Å². The van der Waals surface area contributed by atoms with Gasteiger partial charge in [-0.15, -0.1) is 0 Å². The van der Waals surface area contributed by atoms with Crippen molar-refractivity contribution in [2.45, 2.75) is 26.3 Å². The van der Waals surface area contributed by atoms with Crippen LogP contribution in [-0.4, -0.2) is 16.8 Å². The molecule has 80 valence electrons. The first-order chi connectivity index (χ1) is 6.56. The van der Waals surface area contributed by atoms with Crippen LogP contribution in [0.15, 0.2) is 10.7 Å². The third kappa shape index (κ3) is 2.58. The fourth-order valence-corrected chi connectivity index (χ4v) is 2.27. The van der Waals surface area contributed by atoms with Crippen LogP contribution in [0.4, 0.5) is 0 Å². The van der Waals surface area contributed by atoms with E-state index in [9.17, 15) is 0 Å². The summed E-state index contributed by atoms with van der Waals surface area (Å²) < 4.78 is 3.01. The maximum absolute atomic E-state index is 4.22. The van der Waals surface area contributed by atoms with E-state index in [1.165, 1.54) is 5.69 Å². The van der Waals surface area contributed by atoms with Crippen LogP contribution in [0.1, 0.15) is 32.0 Å². The van der Waals surface area contributed by atoms with Gasteiger partial charge in [-0.3, -0.25) is 4.68 Å². The second-order valence-electron chi connectivity index (χ2n) is 3.97. The highest BCUT2D eigenvalue weighted by Gasteiger charge is 2.17. The number of hydrogen-bond acceptors (Lipinski definition) is 2. The van der Waals surface area contributed by atoms with Crippen LogP contribution >= 0.6 is 15.9 Å². The van der Waals surface area contributed by atoms with Crippen molar-refractivity contribution in [3.05, 3.63) is 16.4 Å². The smallest absolute Gasteiger partial charge is 0.0692 e. The summed E-state index contributed by atoms with van der Waals surface area (Å²) in [5.41, 5.74) is 1.22. The van der Waals surface area contributed by atoms with E-state index in [2.05, 4.69) is 40.2 Å². The van der Waals surface area contributed by atoms with Gasteiger partial charge in [0.1, 0.15) is 0 Å². The molecule has 1 N–H and O–H groups in total. The Morgan fingerprint density at radius 2 is 2.21 bits per heavy atom. The summed E-state index contributed by atoms with van der Waals surface area (Å²) in [6.45, 7) is 4.46. The summed E-state index contributed by atoms with van der Waals surface area (Å²) in [6.07, 6.45) is 2.97. The maximum atomic E-state index is 4.22. The summed E-state index contributed by atoms with van der Waals surface area (Å²) in [4.78, 5) is 0. The second-order valence-corrected chi connectivity index (χ2v) is 4.83. The van der Waals surface area contributed by atoms with Gasteiger partial charge >= 0.3 is 0 Å². The maximum Gasteiger partial charge on any atom is 0.0692 e. The van der Waals surface area contributed by atoms with Crippen molar-refractivity contribution in [2.24, 2.45) is 13.0 Å². The minimum absolute atomic E-state index is 0.372. The molecule has 1 aromatic heterocycles. The van der Waals surface area contributed by atoms with Crippen molar-refractivity contribution in [1.29, 1.82) is 0 Å². The number of nitrogens with zero attached hydrogens (tertiary/aromatic N) is 2. The molecule has 1 atom stereocenters. The van der Waals surface area contributed by atoms with Crippen LogP contribution < -0.4 is 5.32 Å². The Hall–Kier alpha value is -0.350. The zero-order valence-corrected chi connectivity index (χ0v) is 10.8. The van der Waals surface area contributed by atoms with Crippen molar-refractivity contribution >= 4 is 15.9 Å². The van der Waals surface area contributed by atoms with Crippen LogP contribution in [0.5, 0.6) is 0 Å². The van der Waals surface area contributed by atoms with Crippen LogP contribution in [0.3, 0.4) is 0 Å². The molecule has 0 aromatic carbocycles. The van der Waals surface area contributed by atoms with Crippen molar-refractivity contribution in [3.8, 4) is 0 Å². The third-order valence-corrected chi connectivity index (χ3v) is 2.93. The molecule has 14 heavy (non-hydrogen) atoms. The lowest BCUT2D eigenvalue weighted by atomic mass is 10.0. The Labute approximate surface area is 94.0 Å². The molecular weight excluding hydrogens is 242 g/mol. The molecule has 1 unspecified atom stereocenters. The first-order valence-corrected chi connectivity index (χ1v) is 5.70. The average molecular weight is 260 g/mol. The molecule has 0 spiro atoms. The first kappa shape index (κ1) is 11.7. The molecule has 4 heteroatoms. The van der Waals surface area contributed by atoms with Crippen molar-refractivity contribution in [2.75, 3.05) is 7.05 Å². The van der Waals surface area contributed by atoms with Crippen molar-refractivity contribution in [3.63, 3.8) is 0 Å². The highest BCUT2D eigenvalue weighted by Crippen LogP contribution is 2.26. The highest BCUT2D eigenvalue weighted by molar-refractivity contribution is 9.10. The average Bonchev–Trinajstić information content (AvgIpc) is 2.43. The van der Waals surface area contributed by atoms with E-state index in [-0.39, 0.29) is 0 Å². The predicted molar refractivity (Wildman–Crippen MR) is 62.2 cm³/mol. The quantitative estimate of drug-likeness (QED) is 0.901. The van der Waals surface area contributed by atoms with E-state index in [1.807, 2.05) is 25.0 Å². The minimum atomic E-state index is 0.372. The van der Waals surface area contributed by atoms with Crippen LogP contribution in [-0.2, 0) is 7.05 Å². The summed E-state index contributed by atoms with van der Waals surface area (Å²) >= 11 is 3.53. The van der Waals surface area contributed by atoms with Crippen molar-refractivity contribution < 1.29 is 0 Å². The number of hydrogen-bond donors (Lipinski definition) is 1. The Balaban J connectivity index is 2.88. The molecule has 0 saturated heterocycles. The van der Waals surface area contributed by atoms with E-state index >= 15 is 0 Å². The predicted octanol–water partition coefficient (Wildman–Crippen LogP) is 2.49. The van der Waals surface area contributed by atoms with E-state index in [4.69, 9.17) is 0 Å². The molecule has 3 nitrogen and oxygen atoms in total. The molecule has 0 aliphatic heterocycles. The lowest BCUT2D eigenvalue weighted by Crippen LogP contribution is -2.21. The van der Waals surface area contributed by atoms with Gasteiger partial charge in [0.25, 0.3) is 0 Å². The van der Waals surface area contributed by atoms with Gasteiger partial charge < -0.3 is 5.32 Å². The largest absolute Gasteiger partial charge is 0.312 e. The van der Waals surface area contributed by atoms with Gasteiger partial charge in [0.05, 0.1) is 22.4 Å². The fraction of sp³-hybridized carbons (Fsp3) is 0.700. The molecule has 0 saturated carbocycles. The fourth-order valence-electron chi connectivity index (χ4n) is 1.65. The summed E-state index contributed by atoms with van der Waals surface area (Å²) in [5.74, 6) is 0.675. The molecule has 0 fully saturated rings. The van der Waals surface area contributed by atoms with E-state index in [1.54, 1.807) is 0 Å². The molecule has 0 aliphatic rings. The van der Waals surface area contributed by atoms with Gasteiger partial charge in [0, 0.05) is 7.05 Å². The lowest BCUT2D eigenvalue weighted by Gasteiger charge is -2.19. The normalized spacial score (nSPS) is 13.6. The van der Waals surface area contributed by atoms with Gasteiger partial charge in [-0.1, -0.05) is 13.8 Å². The molecule has 0 amide bonds. The number of aryl methyl sites for hydroxylation is 1. The summed E-state index contributed by atoms with van der Waals surface area (Å²) in [6, 6.07) is 0.372. The third-order valence-electron chi connectivity index (χ3n) is 2.32. The van der Waals surface area contributed by atoms with Gasteiger partial charge in [-0.25, -0.2) is 0 Å². The van der Waals surface area contributed by atoms with E-state index in [0.29, 0.717) is 12.0 Å². The molecular formula is C10H18BrN3. The number of halogens is 1. The Morgan fingerprint density at radius 1 is 1.57 bits per heavy atom. The zero-order chi connectivity index (χ0) is 10.7. The van der Waals surface area contributed by atoms with Gasteiger partial charge in [-0.05, 0) is 35.3 Å². The molecule has 0 aliphatic carbocycles. The first-order valence-electron chi connectivity index (χ1n) is 4.91. The lowest BCUT2D eigenvalue weighted by molar-refractivity contribution is 0.433. The SMILES string of the molecule is CNC(CC(C)C)c1c(Br)cnn1C. The number of nitrogens with one attached hydrogen (secondary N) is 1. The van der Waals surface area contributed by atoms with Crippen LogP contribution in [0.25, 0.3) is 0 Å².